The predicted molar refractivity (Wildman–Crippen MR) is 69.0 cm³/mol. The molecule has 0 atom stereocenters. The molecular formula is C13H19N3O. The Bertz CT molecular complexity index is 388. The summed E-state index contributed by atoms with van der Waals surface area (Å²) >= 11 is 0. The summed E-state index contributed by atoms with van der Waals surface area (Å²) in [6.07, 6.45) is 3.43. The van der Waals surface area contributed by atoms with Crippen LogP contribution in [0.25, 0.3) is 0 Å². The highest BCUT2D eigenvalue weighted by molar-refractivity contribution is 5.89. The molecule has 3 N–H and O–H groups in total. The van der Waals surface area contributed by atoms with Crippen molar-refractivity contribution in [2.75, 3.05) is 12.4 Å². The van der Waals surface area contributed by atoms with Crippen molar-refractivity contribution in [2.45, 2.75) is 31.8 Å². The summed E-state index contributed by atoms with van der Waals surface area (Å²) in [7, 11) is 1.91. The number of benzene rings is 1. The first-order valence-corrected chi connectivity index (χ1v) is 6.09. The molecule has 0 radical (unpaired) electrons. The van der Waals surface area contributed by atoms with Crippen LogP contribution in [0.5, 0.6) is 0 Å². The molecule has 92 valence electrons. The zero-order valence-corrected chi connectivity index (χ0v) is 10.1. The van der Waals surface area contributed by atoms with E-state index < -0.39 is 0 Å². The number of anilines is 1. The molecule has 1 aliphatic carbocycles. The summed E-state index contributed by atoms with van der Waals surface area (Å²) in [5.74, 6) is 0. The number of nitrogens with one attached hydrogen (secondary N) is 3. The van der Waals surface area contributed by atoms with Crippen LogP contribution in [-0.4, -0.2) is 19.1 Å². The van der Waals surface area contributed by atoms with Crippen LogP contribution in [0.1, 0.15) is 24.8 Å². The fourth-order valence-corrected chi connectivity index (χ4v) is 1.87. The molecule has 0 aromatic heterocycles. The van der Waals surface area contributed by atoms with E-state index in [1.165, 1.54) is 6.42 Å². The van der Waals surface area contributed by atoms with Crippen LogP contribution in [0.15, 0.2) is 24.3 Å². The van der Waals surface area contributed by atoms with Crippen LogP contribution in [-0.2, 0) is 6.54 Å². The van der Waals surface area contributed by atoms with E-state index in [0.717, 1.165) is 30.6 Å². The van der Waals surface area contributed by atoms with Crippen LogP contribution < -0.4 is 16.0 Å². The third-order valence-electron chi connectivity index (χ3n) is 3.01. The van der Waals surface area contributed by atoms with Gasteiger partial charge in [-0.1, -0.05) is 12.1 Å². The minimum absolute atomic E-state index is 0.101. The van der Waals surface area contributed by atoms with Crippen molar-refractivity contribution in [3.63, 3.8) is 0 Å². The van der Waals surface area contributed by atoms with Gasteiger partial charge in [-0.25, -0.2) is 4.79 Å². The van der Waals surface area contributed by atoms with Crippen molar-refractivity contribution in [3.8, 4) is 0 Å². The maximum Gasteiger partial charge on any atom is 0.319 e. The van der Waals surface area contributed by atoms with Crippen molar-refractivity contribution in [1.29, 1.82) is 0 Å². The molecule has 1 aromatic carbocycles. The van der Waals surface area contributed by atoms with Crippen LogP contribution >= 0.6 is 0 Å². The Hall–Kier alpha value is -1.55. The van der Waals surface area contributed by atoms with E-state index in [2.05, 4.69) is 16.0 Å². The quantitative estimate of drug-likeness (QED) is 0.745. The zero-order valence-electron chi connectivity index (χ0n) is 10.1. The second-order valence-electron chi connectivity index (χ2n) is 4.46. The third-order valence-corrected chi connectivity index (χ3v) is 3.01. The molecule has 1 aromatic rings. The second kappa shape index (κ2) is 5.68. The van der Waals surface area contributed by atoms with Crippen molar-refractivity contribution in [2.24, 2.45) is 0 Å². The molecule has 1 aliphatic rings. The predicted octanol–water partition coefficient (Wildman–Crippen LogP) is 2.08. The Kier molecular flexibility index (Phi) is 3.98. The van der Waals surface area contributed by atoms with Gasteiger partial charge in [0.05, 0.1) is 0 Å². The maximum absolute atomic E-state index is 11.6. The molecule has 4 heteroatoms. The average Bonchev–Trinajstić information content (AvgIpc) is 2.25. The second-order valence-corrected chi connectivity index (χ2v) is 4.46. The minimum Gasteiger partial charge on any atom is -0.335 e. The van der Waals surface area contributed by atoms with E-state index in [9.17, 15) is 4.79 Å². The van der Waals surface area contributed by atoms with Gasteiger partial charge in [-0.3, -0.25) is 0 Å². The van der Waals surface area contributed by atoms with Crippen LogP contribution in [0.2, 0.25) is 0 Å². The molecule has 2 amide bonds. The highest BCUT2D eigenvalue weighted by atomic mass is 16.2. The van der Waals surface area contributed by atoms with Crippen molar-refractivity contribution < 1.29 is 4.79 Å². The number of hydrogen-bond acceptors (Lipinski definition) is 2. The van der Waals surface area contributed by atoms with Crippen molar-refractivity contribution >= 4 is 11.7 Å². The van der Waals surface area contributed by atoms with Crippen LogP contribution in [0.4, 0.5) is 10.5 Å². The van der Waals surface area contributed by atoms with E-state index in [1.54, 1.807) is 0 Å². The van der Waals surface area contributed by atoms with Gasteiger partial charge in [-0.15, -0.1) is 0 Å². The first-order chi connectivity index (χ1) is 8.28. The van der Waals surface area contributed by atoms with Gasteiger partial charge in [-0.05, 0) is 44.0 Å². The summed E-state index contributed by atoms with van der Waals surface area (Å²) in [6.45, 7) is 0.805. The summed E-state index contributed by atoms with van der Waals surface area (Å²) < 4.78 is 0. The van der Waals surface area contributed by atoms with Crippen molar-refractivity contribution in [1.82, 2.24) is 10.6 Å². The smallest absolute Gasteiger partial charge is 0.319 e. The molecule has 0 unspecified atom stereocenters. The van der Waals surface area contributed by atoms with Gasteiger partial charge < -0.3 is 16.0 Å². The van der Waals surface area contributed by atoms with Gasteiger partial charge in [0.15, 0.2) is 0 Å². The molecule has 17 heavy (non-hydrogen) atoms. The highest BCUT2D eigenvalue weighted by Gasteiger charge is 2.19. The molecule has 1 fully saturated rings. The molecule has 0 spiro atoms. The minimum atomic E-state index is -0.101. The Morgan fingerprint density at radius 1 is 1.41 bits per heavy atom. The largest absolute Gasteiger partial charge is 0.335 e. The SMILES string of the molecule is CNCc1cccc(NC(=O)NC2CCC2)c1. The molecule has 0 heterocycles. The highest BCUT2D eigenvalue weighted by Crippen LogP contribution is 2.18. The Morgan fingerprint density at radius 3 is 2.88 bits per heavy atom. The van der Waals surface area contributed by atoms with E-state index in [0.29, 0.717) is 6.04 Å². The topological polar surface area (TPSA) is 53.2 Å². The Morgan fingerprint density at radius 2 is 2.24 bits per heavy atom. The monoisotopic (exact) mass is 233 g/mol. The van der Waals surface area contributed by atoms with Gasteiger partial charge in [0.1, 0.15) is 0 Å². The first kappa shape index (κ1) is 11.9. The molecule has 0 saturated heterocycles. The van der Waals surface area contributed by atoms with Gasteiger partial charge in [-0.2, -0.15) is 0 Å². The summed E-state index contributed by atoms with van der Waals surface area (Å²) in [5, 5.41) is 8.90. The molecule has 0 bridgehead atoms. The Labute approximate surface area is 102 Å². The lowest BCUT2D eigenvalue weighted by molar-refractivity contribution is 0.240. The number of carbonyl (C=O) groups excluding carboxylic acids is 1. The molecule has 0 aliphatic heterocycles. The summed E-state index contributed by atoms with van der Waals surface area (Å²) in [6, 6.07) is 8.14. The first-order valence-electron chi connectivity index (χ1n) is 6.09. The lowest BCUT2D eigenvalue weighted by atomic mass is 9.93. The van der Waals surface area contributed by atoms with Gasteiger partial charge in [0, 0.05) is 18.3 Å². The summed E-state index contributed by atoms with van der Waals surface area (Å²) in [4.78, 5) is 11.6. The van der Waals surface area contributed by atoms with Gasteiger partial charge in [0.2, 0.25) is 0 Å². The normalized spacial score (nSPS) is 15.1. The number of urea groups is 1. The average molecular weight is 233 g/mol. The molecule has 2 rings (SSSR count). The number of hydrogen-bond donors (Lipinski definition) is 3. The van der Waals surface area contributed by atoms with Gasteiger partial charge >= 0.3 is 6.03 Å². The van der Waals surface area contributed by atoms with E-state index >= 15 is 0 Å². The lowest BCUT2D eigenvalue weighted by Crippen LogP contribution is -2.41. The van der Waals surface area contributed by atoms with E-state index in [1.807, 2.05) is 31.3 Å². The zero-order chi connectivity index (χ0) is 12.1. The molecular weight excluding hydrogens is 214 g/mol. The standard InChI is InChI=1S/C13H19N3O/c1-14-9-10-4-2-7-12(8-10)16-13(17)15-11-5-3-6-11/h2,4,7-8,11,14H,3,5-6,9H2,1H3,(H2,15,16,17). The third kappa shape index (κ3) is 3.46. The fraction of sp³-hybridized carbons (Fsp3) is 0.462. The van der Waals surface area contributed by atoms with E-state index in [4.69, 9.17) is 0 Å². The maximum atomic E-state index is 11.6. The van der Waals surface area contributed by atoms with E-state index in [-0.39, 0.29) is 6.03 Å². The molecule has 4 nitrogen and oxygen atoms in total. The molecule has 1 saturated carbocycles. The lowest BCUT2D eigenvalue weighted by Gasteiger charge is -2.26. The number of rotatable bonds is 4. The Balaban J connectivity index is 1.88. The van der Waals surface area contributed by atoms with Crippen LogP contribution in [0, 0.1) is 0 Å². The van der Waals surface area contributed by atoms with Crippen LogP contribution in [0.3, 0.4) is 0 Å². The number of carbonyl (C=O) groups is 1. The van der Waals surface area contributed by atoms with Crippen molar-refractivity contribution in [3.05, 3.63) is 29.8 Å². The fourth-order valence-electron chi connectivity index (χ4n) is 1.87. The summed E-state index contributed by atoms with van der Waals surface area (Å²) in [5.41, 5.74) is 2.00. The number of amides is 2. The van der Waals surface area contributed by atoms with Gasteiger partial charge in [0.25, 0.3) is 0 Å².